The summed E-state index contributed by atoms with van der Waals surface area (Å²) >= 11 is 6.24. The van der Waals surface area contributed by atoms with Crippen molar-refractivity contribution in [1.29, 1.82) is 0 Å². The van der Waals surface area contributed by atoms with E-state index >= 15 is 0 Å². The maximum atomic E-state index is 14.2. The van der Waals surface area contributed by atoms with E-state index in [2.05, 4.69) is 5.16 Å². The molecule has 0 saturated carbocycles. The second-order valence-corrected chi connectivity index (χ2v) is 11.0. The molecule has 1 aromatic heterocycles. The van der Waals surface area contributed by atoms with Crippen molar-refractivity contribution in [2.45, 2.75) is 57.7 Å². The van der Waals surface area contributed by atoms with Crippen molar-refractivity contribution >= 4 is 23.4 Å². The van der Waals surface area contributed by atoms with Gasteiger partial charge in [-0.15, -0.1) is 0 Å². The summed E-state index contributed by atoms with van der Waals surface area (Å²) in [5.41, 5.74) is 1.82. The first kappa shape index (κ1) is 25.5. The third-order valence-corrected chi connectivity index (χ3v) is 7.97. The van der Waals surface area contributed by atoms with E-state index in [0.29, 0.717) is 43.9 Å². The van der Waals surface area contributed by atoms with Gasteiger partial charge in [0.15, 0.2) is 0 Å². The molecule has 2 aromatic carbocycles. The van der Waals surface area contributed by atoms with Crippen LogP contribution in [0.4, 0.5) is 0 Å². The van der Waals surface area contributed by atoms with E-state index in [4.69, 9.17) is 16.1 Å². The molecule has 1 spiro atoms. The topological polar surface area (TPSA) is 86.9 Å². The van der Waals surface area contributed by atoms with Crippen LogP contribution in [0, 0.1) is 5.41 Å². The molecule has 2 saturated heterocycles. The van der Waals surface area contributed by atoms with Crippen molar-refractivity contribution in [3.05, 3.63) is 88.3 Å². The lowest BCUT2D eigenvalue weighted by molar-refractivity contribution is -0.164. The number of nitrogens with zero attached hydrogens (tertiary/aromatic N) is 3. The normalized spacial score (nSPS) is 21.6. The maximum Gasteiger partial charge on any atom is 0.292 e. The third-order valence-electron chi connectivity index (χ3n) is 7.74. The van der Waals surface area contributed by atoms with Gasteiger partial charge >= 0.3 is 0 Å². The molecule has 2 atom stereocenters. The predicted octanol–water partition coefficient (Wildman–Crippen LogP) is 5.21. The maximum absolute atomic E-state index is 14.2. The molecule has 2 fully saturated rings. The molecule has 7 nitrogen and oxygen atoms in total. The Bertz CT molecular complexity index is 1270. The second kappa shape index (κ2) is 10.3. The fraction of sp³-hybridized carbons (Fsp3) is 0.414. The lowest BCUT2D eigenvalue weighted by Crippen LogP contribution is -2.58. The number of piperidine rings is 2. The average Bonchev–Trinajstić information content (AvgIpc) is 3.39. The summed E-state index contributed by atoms with van der Waals surface area (Å²) in [5, 5.41) is 16.1. The summed E-state index contributed by atoms with van der Waals surface area (Å²) in [6, 6.07) is 18.4. The molecule has 3 heterocycles. The van der Waals surface area contributed by atoms with Crippen LogP contribution in [0.15, 0.2) is 65.2 Å². The molecule has 2 amide bonds. The van der Waals surface area contributed by atoms with Gasteiger partial charge in [0, 0.05) is 30.7 Å². The van der Waals surface area contributed by atoms with E-state index in [0.717, 1.165) is 16.8 Å². The van der Waals surface area contributed by atoms with Gasteiger partial charge in [0.25, 0.3) is 5.91 Å². The summed E-state index contributed by atoms with van der Waals surface area (Å²) < 4.78 is 5.31. The predicted molar refractivity (Wildman–Crippen MR) is 140 cm³/mol. The third kappa shape index (κ3) is 5.03. The molecule has 37 heavy (non-hydrogen) atoms. The van der Waals surface area contributed by atoms with Crippen molar-refractivity contribution in [2.75, 3.05) is 13.1 Å². The number of aliphatic hydroxyl groups is 1. The number of likely N-dealkylation sites (tertiary alicyclic amines) is 2. The van der Waals surface area contributed by atoms with Gasteiger partial charge < -0.3 is 19.4 Å². The van der Waals surface area contributed by atoms with E-state index < -0.39 is 17.6 Å². The van der Waals surface area contributed by atoms with Gasteiger partial charge in [0.2, 0.25) is 11.7 Å². The zero-order chi connectivity index (χ0) is 26.2. The first-order valence-electron chi connectivity index (χ1n) is 12.8. The van der Waals surface area contributed by atoms with E-state index in [1.165, 1.54) is 0 Å². The van der Waals surface area contributed by atoms with Gasteiger partial charge in [-0.25, -0.2) is 0 Å². The number of rotatable bonds is 5. The van der Waals surface area contributed by atoms with E-state index in [-0.39, 0.29) is 23.5 Å². The summed E-state index contributed by atoms with van der Waals surface area (Å²) in [6.45, 7) is 5.16. The Balaban J connectivity index is 1.38. The first-order chi connectivity index (χ1) is 17.8. The van der Waals surface area contributed by atoms with Crippen molar-refractivity contribution in [1.82, 2.24) is 15.0 Å². The number of carbonyl (C=O) groups is 2. The van der Waals surface area contributed by atoms with E-state index in [9.17, 15) is 14.7 Å². The van der Waals surface area contributed by atoms with Crippen molar-refractivity contribution in [3.8, 4) is 0 Å². The molecule has 1 N–H and O–H groups in total. The minimum Gasteiger partial charge on any atom is -0.391 e. The molecule has 0 bridgehead atoms. The number of amides is 2. The molecule has 3 aromatic rings. The highest BCUT2D eigenvalue weighted by atomic mass is 35.5. The quantitative estimate of drug-likeness (QED) is 0.498. The SMILES string of the molecule is CC(C)c1cc(C(=O)N2CCC3(CC2)C[C@@H](O)[C@H](c2ccccc2)N(Cc2cccc(Cl)c2)C3=O)on1. The molecule has 194 valence electrons. The van der Waals surface area contributed by atoms with Crippen LogP contribution >= 0.6 is 11.6 Å². The molecule has 8 heteroatoms. The average molecular weight is 522 g/mol. The van der Waals surface area contributed by atoms with Crippen molar-refractivity contribution in [3.63, 3.8) is 0 Å². The summed E-state index contributed by atoms with van der Waals surface area (Å²) in [4.78, 5) is 30.8. The van der Waals surface area contributed by atoms with Crippen LogP contribution in [-0.4, -0.2) is 51.1 Å². The minimum atomic E-state index is -0.732. The van der Waals surface area contributed by atoms with Crippen molar-refractivity contribution < 1.29 is 19.2 Å². The second-order valence-electron chi connectivity index (χ2n) is 10.5. The van der Waals surface area contributed by atoms with Crippen LogP contribution < -0.4 is 0 Å². The molecule has 0 radical (unpaired) electrons. The largest absolute Gasteiger partial charge is 0.391 e. The zero-order valence-electron chi connectivity index (χ0n) is 21.1. The van der Waals surface area contributed by atoms with Crippen LogP contribution in [0.25, 0.3) is 0 Å². The zero-order valence-corrected chi connectivity index (χ0v) is 21.9. The molecular formula is C29H32ClN3O4. The fourth-order valence-corrected chi connectivity index (χ4v) is 5.88. The fourth-order valence-electron chi connectivity index (χ4n) is 5.67. The Morgan fingerprint density at radius 3 is 2.51 bits per heavy atom. The van der Waals surface area contributed by atoms with Crippen molar-refractivity contribution in [2.24, 2.45) is 5.41 Å². The van der Waals surface area contributed by atoms with Crippen LogP contribution in [0.1, 0.15) is 72.4 Å². The highest BCUT2D eigenvalue weighted by Crippen LogP contribution is 2.47. The first-order valence-corrected chi connectivity index (χ1v) is 13.2. The van der Waals surface area contributed by atoms with Gasteiger partial charge in [-0.3, -0.25) is 9.59 Å². The number of benzene rings is 2. The number of aromatic nitrogens is 1. The highest BCUT2D eigenvalue weighted by Gasteiger charge is 2.52. The molecule has 0 aliphatic carbocycles. The summed E-state index contributed by atoms with van der Waals surface area (Å²) in [6.07, 6.45) is 0.587. The standard InChI is InChI=1S/C29H32ClN3O4/c1-19(2)23-16-25(37-31-23)27(35)32-13-11-29(12-14-32)17-24(34)26(21-8-4-3-5-9-21)33(28(29)36)18-20-7-6-10-22(30)15-20/h3-10,15-16,19,24,26,34H,11-14,17-18H2,1-2H3/t24-,26+/m1/s1. The van der Waals surface area contributed by atoms with Gasteiger partial charge in [0.1, 0.15) is 0 Å². The monoisotopic (exact) mass is 521 g/mol. The number of halogens is 1. The summed E-state index contributed by atoms with van der Waals surface area (Å²) in [5.74, 6) is 0.192. The molecule has 2 aliphatic rings. The highest BCUT2D eigenvalue weighted by molar-refractivity contribution is 6.30. The van der Waals surface area contributed by atoms with Gasteiger partial charge in [-0.05, 0) is 48.4 Å². The Hall–Kier alpha value is -3.16. The lowest BCUT2D eigenvalue weighted by atomic mass is 9.68. The van der Waals surface area contributed by atoms with Gasteiger partial charge in [0.05, 0.1) is 23.3 Å². The number of hydrogen-bond acceptors (Lipinski definition) is 5. The van der Waals surface area contributed by atoms with Gasteiger partial charge in [-0.2, -0.15) is 0 Å². The Morgan fingerprint density at radius 2 is 1.86 bits per heavy atom. The Morgan fingerprint density at radius 1 is 1.14 bits per heavy atom. The molecular weight excluding hydrogens is 490 g/mol. The molecule has 2 aliphatic heterocycles. The number of aliphatic hydroxyl groups excluding tert-OH is 1. The smallest absolute Gasteiger partial charge is 0.292 e. The lowest BCUT2D eigenvalue weighted by Gasteiger charge is -2.51. The van der Waals surface area contributed by atoms with Crippen LogP contribution in [0.5, 0.6) is 0 Å². The van der Waals surface area contributed by atoms with Crippen LogP contribution in [-0.2, 0) is 11.3 Å². The van der Waals surface area contributed by atoms with E-state index in [1.54, 1.807) is 21.9 Å². The van der Waals surface area contributed by atoms with Crippen LogP contribution in [0.3, 0.4) is 0 Å². The van der Waals surface area contributed by atoms with Gasteiger partial charge in [-0.1, -0.05) is 73.1 Å². The molecule has 0 unspecified atom stereocenters. The summed E-state index contributed by atoms with van der Waals surface area (Å²) in [7, 11) is 0. The van der Waals surface area contributed by atoms with Crippen LogP contribution in [0.2, 0.25) is 5.02 Å². The number of hydrogen-bond donors (Lipinski definition) is 1. The minimum absolute atomic E-state index is 0.0143. The Kier molecular flexibility index (Phi) is 7.10. The molecule has 5 rings (SSSR count). The number of carbonyl (C=O) groups excluding carboxylic acids is 2. The van der Waals surface area contributed by atoms with E-state index in [1.807, 2.05) is 62.4 Å². The Labute approximate surface area is 222 Å².